The van der Waals surface area contributed by atoms with Crippen LogP contribution in [-0.2, 0) is 4.74 Å². The third-order valence-electron chi connectivity index (χ3n) is 5.25. The van der Waals surface area contributed by atoms with Gasteiger partial charge in [0.25, 0.3) is 0 Å². The zero-order chi connectivity index (χ0) is 17.5. The second-order valence-electron chi connectivity index (χ2n) is 7.29. The molecule has 2 atom stereocenters. The monoisotopic (exact) mass is 472 g/mol. The molecular formula is C20H33IN4O. The molecule has 1 N–H and O–H groups in total. The predicted molar refractivity (Wildman–Crippen MR) is 119 cm³/mol. The van der Waals surface area contributed by atoms with Crippen LogP contribution in [0.4, 0.5) is 0 Å². The molecule has 1 aromatic carbocycles. The van der Waals surface area contributed by atoms with Crippen molar-refractivity contribution in [2.75, 3.05) is 59.5 Å². The van der Waals surface area contributed by atoms with Crippen molar-refractivity contribution < 1.29 is 4.74 Å². The van der Waals surface area contributed by atoms with Crippen LogP contribution >= 0.6 is 24.0 Å². The number of rotatable bonds is 5. The number of aliphatic imine (C=N–C) groups is 1. The lowest BCUT2D eigenvalue weighted by atomic mass is 9.99. The van der Waals surface area contributed by atoms with Gasteiger partial charge >= 0.3 is 0 Å². The molecule has 0 saturated carbocycles. The highest BCUT2D eigenvalue weighted by Crippen LogP contribution is 2.26. The molecule has 0 spiro atoms. The largest absolute Gasteiger partial charge is 0.379 e. The second kappa shape index (κ2) is 11.1. The molecule has 2 fully saturated rings. The Morgan fingerprint density at radius 2 is 1.96 bits per heavy atom. The van der Waals surface area contributed by atoms with Crippen molar-refractivity contribution in [2.24, 2.45) is 10.9 Å². The molecule has 0 radical (unpaired) electrons. The summed E-state index contributed by atoms with van der Waals surface area (Å²) in [4.78, 5) is 9.42. The van der Waals surface area contributed by atoms with E-state index in [9.17, 15) is 0 Å². The molecule has 146 valence electrons. The number of nitrogens with one attached hydrogen (secondary N) is 1. The van der Waals surface area contributed by atoms with Crippen molar-refractivity contribution in [3.8, 4) is 0 Å². The number of hydrogen-bond acceptors (Lipinski definition) is 3. The first-order chi connectivity index (χ1) is 12.3. The van der Waals surface area contributed by atoms with Crippen molar-refractivity contribution in [3.05, 3.63) is 35.9 Å². The standard InChI is InChI=1S/C20H32N4O.HI/c1-17(15-23-10-12-25-13-11-23)14-22-20(21-2)24-9-8-19(16-24)18-6-4-3-5-7-18;/h3-7,17,19H,8-16H2,1-2H3,(H,21,22);1H. The smallest absolute Gasteiger partial charge is 0.193 e. The van der Waals surface area contributed by atoms with E-state index >= 15 is 0 Å². The van der Waals surface area contributed by atoms with E-state index in [4.69, 9.17) is 4.74 Å². The molecule has 3 rings (SSSR count). The molecule has 2 aliphatic rings. The lowest BCUT2D eigenvalue weighted by Gasteiger charge is -2.30. The normalized spacial score (nSPS) is 22.8. The zero-order valence-corrected chi connectivity index (χ0v) is 18.4. The van der Waals surface area contributed by atoms with Crippen LogP contribution in [0.5, 0.6) is 0 Å². The van der Waals surface area contributed by atoms with Gasteiger partial charge in [0.1, 0.15) is 0 Å². The average molecular weight is 472 g/mol. The maximum atomic E-state index is 5.43. The van der Waals surface area contributed by atoms with Crippen LogP contribution in [0.25, 0.3) is 0 Å². The van der Waals surface area contributed by atoms with Gasteiger partial charge in [-0.3, -0.25) is 9.89 Å². The number of hydrogen-bond donors (Lipinski definition) is 1. The third-order valence-corrected chi connectivity index (χ3v) is 5.25. The summed E-state index contributed by atoms with van der Waals surface area (Å²) in [5.74, 6) is 2.26. The lowest BCUT2D eigenvalue weighted by Crippen LogP contribution is -2.44. The number of likely N-dealkylation sites (tertiary alicyclic amines) is 1. The minimum Gasteiger partial charge on any atom is -0.379 e. The molecule has 6 heteroatoms. The van der Waals surface area contributed by atoms with E-state index in [1.807, 2.05) is 7.05 Å². The maximum absolute atomic E-state index is 5.43. The molecule has 2 aliphatic heterocycles. The van der Waals surface area contributed by atoms with Gasteiger partial charge in [-0.15, -0.1) is 24.0 Å². The molecule has 2 heterocycles. The minimum atomic E-state index is 0. The summed E-state index contributed by atoms with van der Waals surface area (Å²) in [7, 11) is 1.89. The van der Waals surface area contributed by atoms with Crippen LogP contribution in [0.15, 0.2) is 35.3 Å². The first kappa shape index (κ1) is 21.4. The molecule has 0 aliphatic carbocycles. The Balaban J connectivity index is 0.00000243. The minimum absolute atomic E-state index is 0. The Labute approximate surface area is 175 Å². The van der Waals surface area contributed by atoms with E-state index in [1.54, 1.807) is 0 Å². The fourth-order valence-electron chi connectivity index (χ4n) is 3.84. The van der Waals surface area contributed by atoms with Crippen LogP contribution < -0.4 is 5.32 Å². The van der Waals surface area contributed by atoms with E-state index in [0.717, 1.165) is 58.4 Å². The molecule has 5 nitrogen and oxygen atoms in total. The highest BCUT2D eigenvalue weighted by molar-refractivity contribution is 14.0. The SMILES string of the molecule is CN=C(NCC(C)CN1CCOCC1)N1CCC(c2ccccc2)C1.I. The van der Waals surface area contributed by atoms with Gasteiger partial charge in [0.05, 0.1) is 13.2 Å². The maximum Gasteiger partial charge on any atom is 0.193 e. The summed E-state index contributed by atoms with van der Waals surface area (Å²) < 4.78 is 5.43. The van der Waals surface area contributed by atoms with Crippen LogP contribution in [0.3, 0.4) is 0 Å². The molecule has 0 aromatic heterocycles. The number of nitrogens with zero attached hydrogens (tertiary/aromatic N) is 3. The van der Waals surface area contributed by atoms with Crippen molar-refractivity contribution in [1.29, 1.82) is 0 Å². The van der Waals surface area contributed by atoms with Gasteiger partial charge in [-0.2, -0.15) is 0 Å². The lowest BCUT2D eigenvalue weighted by molar-refractivity contribution is 0.0320. The van der Waals surface area contributed by atoms with E-state index < -0.39 is 0 Å². The highest BCUT2D eigenvalue weighted by atomic mass is 127. The summed E-state index contributed by atoms with van der Waals surface area (Å²) in [6.45, 7) is 10.4. The predicted octanol–water partition coefficient (Wildman–Crippen LogP) is 2.64. The fraction of sp³-hybridized carbons (Fsp3) is 0.650. The Morgan fingerprint density at radius 3 is 2.65 bits per heavy atom. The average Bonchev–Trinajstić information content (AvgIpc) is 3.14. The van der Waals surface area contributed by atoms with Gasteiger partial charge in [0.2, 0.25) is 0 Å². The summed E-state index contributed by atoms with van der Waals surface area (Å²) >= 11 is 0. The van der Waals surface area contributed by atoms with Crippen LogP contribution in [0.1, 0.15) is 24.8 Å². The van der Waals surface area contributed by atoms with Gasteiger partial charge in [0, 0.05) is 52.2 Å². The molecule has 0 bridgehead atoms. The van der Waals surface area contributed by atoms with Crippen LogP contribution in [0.2, 0.25) is 0 Å². The highest BCUT2D eigenvalue weighted by Gasteiger charge is 2.26. The van der Waals surface area contributed by atoms with Gasteiger partial charge in [-0.1, -0.05) is 37.3 Å². The Bertz CT molecular complexity index is 548. The van der Waals surface area contributed by atoms with Crippen molar-refractivity contribution in [2.45, 2.75) is 19.3 Å². The number of benzene rings is 1. The van der Waals surface area contributed by atoms with E-state index in [1.165, 1.54) is 12.0 Å². The van der Waals surface area contributed by atoms with E-state index in [-0.39, 0.29) is 24.0 Å². The Morgan fingerprint density at radius 1 is 1.23 bits per heavy atom. The Kier molecular flexibility index (Phi) is 9.15. The van der Waals surface area contributed by atoms with Crippen LogP contribution in [0, 0.1) is 5.92 Å². The van der Waals surface area contributed by atoms with E-state index in [0.29, 0.717) is 11.8 Å². The zero-order valence-electron chi connectivity index (χ0n) is 16.1. The molecule has 26 heavy (non-hydrogen) atoms. The first-order valence-electron chi connectivity index (χ1n) is 9.57. The van der Waals surface area contributed by atoms with Gasteiger partial charge in [-0.05, 0) is 17.9 Å². The molecular weight excluding hydrogens is 439 g/mol. The van der Waals surface area contributed by atoms with Gasteiger partial charge in [-0.25, -0.2) is 0 Å². The van der Waals surface area contributed by atoms with E-state index in [2.05, 4.69) is 57.4 Å². The topological polar surface area (TPSA) is 40.1 Å². The molecule has 0 amide bonds. The number of ether oxygens (including phenoxy) is 1. The second-order valence-corrected chi connectivity index (χ2v) is 7.29. The van der Waals surface area contributed by atoms with Gasteiger partial charge < -0.3 is 15.0 Å². The van der Waals surface area contributed by atoms with Crippen molar-refractivity contribution >= 4 is 29.9 Å². The summed E-state index contributed by atoms with van der Waals surface area (Å²) in [6, 6.07) is 10.9. The molecule has 2 saturated heterocycles. The van der Waals surface area contributed by atoms with Crippen molar-refractivity contribution in [1.82, 2.24) is 15.1 Å². The number of guanidine groups is 1. The van der Waals surface area contributed by atoms with Gasteiger partial charge in [0.15, 0.2) is 5.96 Å². The molecule has 2 unspecified atom stereocenters. The number of halogens is 1. The third kappa shape index (κ3) is 6.09. The van der Waals surface area contributed by atoms with Crippen molar-refractivity contribution in [3.63, 3.8) is 0 Å². The summed E-state index contributed by atoms with van der Waals surface area (Å²) in [5, 5.41) is 3.59. The molecule has 1 aromatic rings. The number of morpholine rings is 1. The Hall–Kier alpha value is -0.860. The summed E-state index contributed by atoms with van der Waals surface area (Å²) in [5.41, 5.74) is 1.45. The fourth-order valence-corrected chi connectivity index (χ4v) is 3.84. The summed E-state index contributed by atoms with van der Waals surface area (Å²) in [6.07, 6.45) is 1.20. The first-order valence-corrected chi connectivity index (χ1v) is 9.57. The van der Waals surface area contributed by atoms with Crippen LogP contribution in [-0.4, -0.2) is 75.3 Å². The quantitative estimate of drug-likeness (QED) is 0.407.